The van der Waals surface area contributed by atoms with Crippen molar-refractivity contribution < 1.29 is 9.32 Å². The minimum atomic E-state index is 0.595. The monoisotopic (exact) mass is 301 g/mol. The van der Waals surface area contributed by atoms with Gasteiger partial charge in [0.2, 0.25) is 0 Å². The molecule has 0 N–H and O–H groups in total. The van der Waals surface area contributed by atoms with Crippen LogP contribution in [0.15, 0.2) is 51.5 Å². The molecule has 18 heavy (non-hydrogen) atoms. The Hall–Kier alpha value is -1.94. The van der Waals surface area contributed by atoms with Crippen LogP contribution >= 0.6 is 15.9 Å². The molecule has 0 bridgehead atoms. The summed E-state index contributed by atoms with van der Waals surface area (Å²) in [6.45, 7) is 0. The molecule has 0 unspecified atom stereocenters. The first-order valence-corrected chi connectivity index (χ1v) is 6.18. The second-order valence-electron chi connectivity index (χ2n) is 3.88. The van der Waals surface area contributed by atoms with Crippen molar-refractivity contribution in [1.29, 1.82) is 0 Å². The Labute approximate surface area is 112 Å². The maximum absolute atomic E-state index is 11.1. The third-order valence-electron chi connectivity index (χ3n) is 2.77. The van der Waals surface area contributed by atoms with Gasteiger partial charge in [-0.05, 0) is 30.3 Å². The van der Waals surface area contributed by atoms with Gasteiger partial charge in [-0.15, -0.1) is 0 Å². The van der Waals surface area contributed by atoms with Crippen LogP contribution in [-0.4, -0.2) is 11.4 Å². The van der Waals surface area contributed by atoms with Crippen molar-refractivity contribution in [3.05, 3.63) is 52.5 Å². The summed E-state index contributed by atoms with van der Waals surface area (Å²) in [5, 5.41) is 4.96. The molecule has 4 heteroatoms. The summed E-state index contributed by atoms with van der Waals surface area (Å²) in [5.41, 5.74) is 2.76. The zero-order valence-electron chi connectivity index (χ0n) is 9.26. The van der Waals surface area contributed by atoms with Crippen LogP contribution in [0.25, 0.3) is 22.2 Å². The molecule has 0 aliphatic heterocycles. The smallest absolute Gasteiger partial charge is 0.167 e. The normalized spacial score (nSPS) is 10.7. The van der Waals surface area contributed by atoms with Crippen molar-refractivity contribution >= 4 is 33.2 Å². The molecule has 1 heterocycles. The number of hydrogen-bond acceptors (Lipinski definition) is 3. The molecule has 0 amide bonds. The van der Waals surface area contributed by atoms with E-state index in [9.17, 15) is 4.79 Å². The molecule has 0 fully saturated rings. The lowest BCUT2D eigenvalue weighted by molar-refractivity contribution is 0.112. The zero-order valence-corrected chi connectivity index (χ0v) is 10.8. The van der Waals surface area contributed by atoms with Crippen molar-refractivity contribution in [2.45, 2.75) is 0 Å². The lowest BCUT2D eigenvalue weighted by Gasteiger charge is -2.02. The summed E-state index contributed by atoms with van der Waals surface area (Å²) in [4.78, 5) is 11.1. The summed E-state index contributed by atoms with van der Waals surface area (Å²) in [5.74, 6) is 0. The van der Waals surface area contributed by atoms with Crippen LogP contribution in [0.1, 0.15) is 10.4 Å². The number of fused-ring (bicyclic) bond motifs is 1. The fourth-order valence-electron chi connectivity index (χ4n) is 1.92. The van der Waals surface area contributed by atoms with Gasteiger partial charge in [0.05, 0.1) is 0 Å². The van der Waals surface area contributed by atoms with Crippen molar-refractivity contribution in [2.24, 2.45) is 0 Å². The standard InChI is InChI=1S/C14H8BrNO2/c15-10-6-5-9(8-17)12(7-10)14-11-3-1-2-4-13(11)18-16-14/h1-8H. The SMILES string of the molecule is O=Cc1ccc(Br)cc1-c1noc2ccccc12. The van der Waals surface area contributed by atoms with E-state index in [4.69, 9.17) is 4.52 Å². The van der Waals surface area contributed by atoms with Gasteiger partial charge in [-0.1, -0.05) is 33.2 Å². The summed E-state index contributed by atoms with van der Waals surface area (Å²) in [6.07, 6.45) is 0.825. The largest absolute Gasteiger partial charge is 0.356 e. The predicted molar refractivity (Wildman–Crippen MR) is 72.5 cm³/mol. The second-order valence-corrected chi connectivity index (χ2v) is 4.79. The van der Waals surface area contributed by atoms with Crippen molar-refractivity contribution in [3.63, 3.8) is 0 Å². The molecule has 0 aliphatic rings. The number of hydrogen-bond donors (Lipinski definition) is 0. The van der Waals surface area contributed by atoms with Gasteiger partial charge < -0.3 is 4.52 Å². The van der Waals surface area contributed by atoms with Crippen molar-refractivity contribution in [3.8, 4) is 11.3 Å². The molecule has 3 aromatic rings. The zero-order chi connectivity index (χ0) is 12.5. The second kappa shape index (κ2) is 4.38. The maximum Gasteiger partial charge on any atom is 0.167 e. The third-order valence-corrected chi connectivity index (χ3v) is 3.27. The Morgan fingerprint density at radius 2 is 2.00 bits per heavy atom. The highest BCUT2D eigenvalue weighted by molar-refractivity contribution is 9.10. The molecule has 0 atom stereocenters. The number of rotatable bonds is 2. The number of halogens is 1. The highest BCUT2D eigenvalue weighted by Crippen LogP contribution is 2.31. The quantitative estimate of drug-likeness (QED) is 0.670. The van der Waals surface area contributed by atoms with Gasteiger partial charge in [-0.25, -0.2) is 0 Å². The molecule has 0 radical (unpaired) electrons. The van der Waals surface area contributed by atoms with Crippen LogP contribution in [0.4, 0.5) is 0 Å². The molecule has 0 aliphatic carbocycles. The summed E-state index contributed by atoms with van der Waals surface area (Å²) < 4.78 is 6.16. The van der Waals surface area contributed by atoms with E-state index in [1.807, 2.05) is 36.4 Å². The molecule has 0 spiro atoms. The molecular formula is C14H8BrNO2. The number of carbonyl (C=O) groups is 1. The van der Waals surface area contributed by atoms with Crippen LogP contribution in [0.2, 0.25) is 0 Å². The molecule has 2 aromatic carbocycles. The Morgan fingerprint density at radius 3 is 2.83 bits per heavy atom. The van der Waals surface area contributed by atoms with E-state index in [1.54, 1.807) is 6.07 Å². The average Bonchev–Trinajstić information content (AvgIpc) is 2.82. The van der Waals surface area contributed by atoms with E-state index < -0.39 is 0 Å². The van der Waals surface area contributed by atoms with E-state index in [1.165, 1.54) is 0 Å². The van der Waals surface area contributed by atoms with Gasteiger partial charge in [0, 0.05) is 21.0 Å². The predicted octanol–water partition coefficient (Wildman–Crippen LogP) is 4.07. The van der Waals surface area contributed by atoms with E-state index >= 15 is 0 Å². The molecule has 0 saturated carbocycles. The first-order valence-electron chi connectivity index (χ1n) is 5.39. The van der Waals surface area contributed by atoms with Gasteiger partial charge in [0.25, 0.3) is 0 Å². The topological polar surface area (TPSA) is 43.1 Å². The molecule has 3 rings (SSSR count). The Kier molecular flexibility index (Phi) is 2.72. The van der Waals surface area contributed by atoms with E-state index in [-0.39, 0.29) is 0 Å². The number of nitrogens with zero attached hydrogens (tertiary/aromatic N) is 1. The molecular weight excluding hydrogens is 294 g/mol. The molecule has 0 saturated heterocycles. The third kappa shape index (κ3) is 1.75. The minimum absolute atomic E-state index is 0.595. The van der Waals surface area contributed by atoms with Gasteiger partial charge in [-0.3, -0.25) is 4.79 Å². The Balaban J connectivity index is 2.32. The number of benzene rings is 2. The van der Waals surface area contributed by atoms with Crippen molar-refractivity contribution in [1.82, 2.24) is 5.16 Å². The van der Waals surface area contributed by atoms with E-state index in [2.05, 4.69) is 21.1 Å². The fourth-order valence-corrected chi connectivity index (χ4v) is 2.28. The number of aromatic nitrogens is 1. The van der Waals surface area contributed by atoms with E-state index in [0.29, 0.717) is 16.8 Å². The first-order chi connectivity index (χ1) is 8.79. The number of para-hydroxylation sites is 1. The van der Waals surface area contributed by atoms with Crippen LogP contribution in [0.5, 0.6) is 0 Å². The maximum atomic E-state index is 11.1. The van der Waals surface area contributed by atoms with Crippen LogP contribution in [-0.2, 0) is 0 Å². The van der Waals surface area contributed by atoms with Gasteiger partial charge in [0.1, 0.15) is 5.69 Å². The molecule has 3 nitrogen and oxygen atoms in total. The van der Waals surface area contributed by atoms with Gasteiger partial charge in [0.15, 0.2) is 11.9 Å². The Bertz CT molecular complexity index is 733. The lowest BCUT2D eigenvalue weighted by Crippen LogP contribution is -1.88. The van der Waals surface area contributed by atoms with E-state index in [0.717, 1.165) is 21.7 Å². The van der Waals surface area contributed by atoms with Gasteiger partial charge >= 0.3 is 0 Å². The fraction of sp³-hybridized carbons (Fsp3) is 0. The average molecular weight is 302 g/mol. The van der Waals surface area contributed by atoms with Crippen LogP contribution < -0.4 is 0 Å². The minimum Gasteiger partial charge on any atom is -0.356 e. The van der Waals surface area contributed by atoms with Crippen LogP contribution in [0.3, 0.4) is 0 Å². The van der Waals surface area contributed by atoms with Gasteiger partial charge in [-0.2, -0.15) is 0 Å². The highest BCUT2D eigenvalue weighted by atomic mass is 79.9. The number of aldehydes is 1. The highest BCUT2D eigenvalue weighted by Gasteiger charge is 2.13. The van der Waals surface area contributed by atoms with Crippen LogP contribution in [0, 0.1) is 0 Å². The van der Waals surface area contributed by atoms with Crippen molar-refractivity contribution in [2.75, 3.05) is 0 Å². The first kappa shape index (κ1) is 11.2. The lowest BCUT2D eigenvalue weighted by atomic mass is 10.0. The molecule has 1 aromatic heterocycles. The summed E-state index contributed by atoms with van der Waals surface area (Å²) in [6, 6.07) is 13.0. The summed E-state index contributed by atoms with van der Waals surface area (Å²) in [7, 11) is 0. The summed E-state index contributed by atoms with van der Waals surface area (Å²) >= 11 is 3.40. The molecule has 88 valence electrons. The Morgan fingerprint density at radius 1 is 1.17 bits per heavy atom. The number of carbonyl (C=O) groups excluding carboxylic acids is 1.